The van der Waals surface area contributed by atoms with Crippen LogP contribution in [0.3, 0.4) is 0 Å². The van der Waals surface area contributed by atoms with E-state index >= 15 is 0 Å². The van der Waals surface area contributed by atoms with Crippen molar-refractivity contribution in [3.8, 4) is 0 Å². The molecular formula is C28H31FN4O2. The third-order valence-corrected chi connectivity index (χ3v) is 6.10. The third-order valence-electron chi connectivity index (χ3n) is 6.10. The third kappa shape index (κ3) is 7.21. The Bertz CT molecular complexity index is 1150. The van der Waals surface area contributed by atoms with Crippen LogP contribution in [0.25, 0.3) is 0 Å². The molecule has 0 saturated carbocycles. The quantitative estimate of drug-likeness (QED) is 0.538. The summed E-state index contributed by atoms with van der Waals surface area (Å²) in [5.74, 6) is -0.501. The van der Waals surface area contributed by atoms with Gasteiger partial charge in [-0.1, -0.05) is 48.5 Å². The number of nitrogens with one attached hydrogen (secondary N) is 1. The van der Waals surface area contributed by atoms with Crippen molar-refractivity contribution >= 4 is 23.2 Å². The first kappa shape index (κ1) is 24.6. The van der Waals surface area contributed by atoms with E-state index in [0.29, 0.717) is 45.0 Å². The summed E-state index contributed by atoms with van der Waals surface area (Å²) in [5.41, 5.74) is 3.54. The summed E-state index contributed by atoms with van der Waals surface area (Å²) in [6.07, 6.45) is 0. The van der Waals surface area contributed by atoms with E-state index in [1.54, 1.807) is 12.1 Å². The molecule has 35 heavy (non-hydrogen) atoms. The Balaban J connectivity index is 1.31. The fraction of sp³-hybridized carbons (Fsp3) is 0.286. The Hall–Kier alpha value is -3.55. The number of aryl methyl sites for hydroxylation is 1. The lowest BCUT2D eigenvalue weighted by atomic mass is 10.1. The van der Waals surface area contributed by atoms with Crippen LogP contribution in [-0.2, 0) is 16.1 Å². The molecule has 1 N–H and O–H groups in total. The molecule has 1 heterocycles. The van der Waals surface area contributed by atoms with Crippen molar-refractivity contribution < 1.29 is 14.0 Å². The smallest absolute Gasteiger partial charge is 0.241 e. The molecule has 2 amide bonds. The highest BCUT2D eigenvalue weighted by atomic mass is 19.1. The van der Waals surface area contributed by atoms with Crippen molar-refractivity contribution in [1.82, 2.24) is 9.80 Å². The first-order valence-electron chi connectivity index (χ1n) is 11.9. The fourth-order valence-corrected chi connectivity index (χ4v) is 4.24. The molecule has 0 aliphatic carbocycles. The highest BCUT2D eigenvalue weighted by molar-refractivity contribution is 5.95. The Morgan fingerprint density at radius 3 is 2.23 bits per heavy atom. The molecule has 3 aromatic rings. The summed E-state index contributed by atoms with van der Waals surface area (Å²) in [7, 11) is 0. The van der Waals surface area contributed by atoms with Crippen molar-refractivity contribution in [2.45, 2.75) is 13.5 Å². The van der Waals surface area contributed by atoms with Crippen LogP contribution in [0.2, 0.25) is 0 Å². The number of carbonyl (C=O) groups excluding carboxylic acids is 2. The minimum atomic E-state index is -0.381. The first-order valence-corrected chi connectivity index (χ1v) is 11.9. The normalized spacial score (nSPS) is 14.5. The van der Waals surface area contributed by atoms with Crippen LogP contribution in [0.15, 0.2) is 78.9 Å². The maximum Gasteiger partial charge on any atom is 0.241 e. The van der Waals surface area contributed by atoms with Crippen molar-refractivity contribution in [3.05, 3.63) is 95.8 Å². The maximum absolute atomic E-state index is 13.4. The molecule has 1 fully saturated rings. The maximum atomic E-state index is 13.4. The molecule has 3 aromatic carbocycles. The molecule has 182 valence electrons. The van der Waals surface area contributed by atoms with Crippen molar-refractivity contribution in [2.75, 3.05) is 49.5 Å². The van der Waals surface area contributed by atoms with Gasteiger partial charge in [-0.05, 0) is 48.4 Å². The number of nitrogens with zero attached hydrogens (tertiary/aromatic N) is 3. The van der Waals surface area contributed by atoms with Gasteiger partial charge in [0.25, 0.3) is 0 Å². The molecule has 6 nitrogen and oxygen atoms in total. The monoisotopic (exact) mass is 474 g/mol. The van der Waals surface area contributed by atoms with Gasteiger partial charge >= 0.3 is 0 Å². The van der Waals surface area contributed by atoms with Gasteiger partial charge in [-0.25, -0.2) is 4.39 Å². The summed E-state index contributed by atoms with van der Waals surface area (Å²) >= 11 is 0. The topological polar surface area (TPSA) is 55.9 Å². The standard InChI is InChI=1S/C28H31FN4O2/c1-22-7-5-12-26(17-22)33(19-23-8-3-2-4-9-23)28(35)21-32-15-13-31(14-16-32)20-27(34)30-25-11-6-10-24(29)18-25/h2-12,17-18H,13-16,19-21H2,1H3,(H,30,34). The number of piperazine rings is 1. The van der Waals surface area contributed by atoms with Gasteiger partial charge in [0.2, 0.25) is 11.8 Å². The number of hydrogen-bond acceptors (Lipinski definition) is 4. The number of amides is 2. The van der Waals surface area contributed by atoms with E-state index < -0.39 is 0 Å². The molecule has 1 saturated heterocycles. The summed E-state index contributed by atoms with van der Waals surface area (Å²) in [6, 6.07) is 23.9. The van der Waals surface area contributed by atoms with Gasteiger partial charge in [0.1, 0.15) is 5.82 Å². The van der Waals surface area contributed by atoms with Crippen LogP contribution in [0, 0.1) is 12.7 Å². The predicted octanol–water partition coefficient (Wildman–Crippen LogP) is 3.92. The minimum absolute atomic E-state index is 0.0525. The molecule has 7 heteroatoms. The average molecular weight is 475 g/mol. The Labute approximate surface area is 206 Å². The Morgan fingerprint density at radius 1 is 0.857 bits per heavy atom. The number of anilines is 2. The van der Waals surface area contributed by atoms with E-state index in [-0.39, 0.29) is 24.2 Å². The van der Waals surface area contributed by atoms with E-state index in [1.165, 1.54) is 12.1 Å². The van der Waals surface area contributed by atoms with Gasteiger partial charge in [-0.15, -0.1) is 0 Å². The van der Waals surface area contributed by atoms with E-state index in [0.717, 1.165) is 16.8 Å². The van der Waals surface area contributed by atoms with Gasteiger partial charge in [0.15, 0.2) is 0 Å². The molecule has 0 unspecified atom stereocenters. The van der Waals surface area contributed by atoms with E-state index in [9.17, 15) is 14.0 Å². The molecule has 4 rings (SSSR count). The van der Waals surface area contributed by atoms with Crippen LogP contribution in [0.5, 0.6) is 0 Å². The SMILES string of the molecule is Cc1cccc(N(Cc2ccccc2)C(=O)CN2CCN(CC(=O)Nc3cccc(F)c3)CC2)c1. The average Bonchev–Trinajstić information content (AvgIpc) is 2.84. The van der Waals surface area contributed by atoms with Crippen molar-refractivity contribution in [1.29, 1.82) is 0 Å². The molecule has 0 spiro atoms. The molecule has 1 aliphatic rings. The first-order chi connectivity index (χ1) is 17.0. The lowest BCUT2D eigenvalue weighted by Crippen LogP contribution is -2.51. The highest BCUT2D eigenvalue weighted by Crippen LogP contribution is 2.20. The summed E-state index contributed by atoms with van der Waals surface area (Å²) in [5, 5.41) is 2.74. The summed E-state index contributed by atoms with van der Waals surface area (Å²) in [6.45, 7) is 5.88. The number of benzene rings is 3. The van der Waals surface area contributed by atoms with E-state index in [1.807, 2.05) is 66.4 Å². The summed E-state index contributed by atoms with van der Waals surface area (Å²) < 4.78 is 13.3. The van der Waals surface area contributed by atoms with Gasteiger partial charge in [-0.3, -0.25) is 19.4 Å². The molecule has 0 atom stereocenters. The Kier molecular flexibility index (Phi) is 8.23. The number of rotatable bonds is 8. The molecule has 1 aliphatic heterocycles. The van der Waals surface area contributed by atoms with Crippen molar-refractivity contribution in [3.63, 3.8) is 0 Å². The second-order valence-electron chi connectivity index (χ2n) is 8.92. The molecule has 0 aromatic heterocycles. The van der Waals surface area contributed by atoms with Gasteiger partial charge < -0.3 is 10.2 Å². The summed E-state index contributed by atoms with van der Waals surface area (Å²) in [4.78, 5) is 31.8. The van der Waals surface area contributed by atoms with Gasteiger partial charge in [-0.2, -0.15) is 0 Å². The van der Waals surface area contributed by atoms with E-state index in [2.05, 4.69) is 15.1 Å². The largest absolute Gasteiger partial charge is 0.325 e. The highest BCUT2D eigenvalue weighted by Gasteiger charge is 2.24. The Morgan fingerprint density at radius 2 is 1.54 bits per heavy atom. The lowest BCUT2D eigenvalue weighted by molar-refractivity contribution is -0.121. The second kappa shape index (κ2) is 11.7. The van der Waals surface area contributed by atoms with Crippen LogP contribution >= 0.6 is 0 Å². The zero-order chi connectivity index (χ0) is 24.6. The van der Waals surface area contributed by atoms with Crippen LogP contribution < -0.4 is 10.2 Å². The van der Waals surface area contributed by atoms with Gasteiger partial charge in [0.05, 0.1) is 19.6 Å². The van der Waals surface area contributed by atoms with Crippen molar-refractivity contribution in [2.24, 2.45) is 0 Å². The molecule has 0 bridgehead atoms. The van der Waals surface area contributed by atoms with E-state index in [4.69, 9.17) is 0 Å². The number of halogens is 1. The second-order valence-corrected chi connectivity index (χ2v) is 8.92. The molecule has 0 radical (unpaired) electrons. The van der Waals surface area contributed by atoms with Gasteiger partial charge in [0, 0.05) is 37.6 Å². The number of hydrogen-bond donors (Lipinski definition) is 1. The molecular weight excluding hydrogens is 443 g/mol. The fourth-order valence-electron chi connectivity index (χ4n) is 4.24. The lowest BCUT2D eigenvalue weighted by Gasteiger charge is -2.35. The number of carbonyl (C=O) groups is 2. The minimum Gasteiger partial charge on any atom is -0.325 e. The van der Waals surface area contributed by atoms with Crippen LogP contribution in [0.1, 0.15) is 11.1 Å². The zero-order valence-corrected chi connectivity index (χ0v) is 20.0. The van der Waals surface area contributed by atoms with Crippen LogP contribution in [0.4, 0.5) is 15.8 Å². The zero-order valence-electron chi connectivity index (χ0n) is 20.0. The van der Waals surface area contributed by atoms with Crippen LogP contribution in [-0.4, -0.2) is 60.9 Å². The predicted molar refractivity (Wildman–Crippen MR) is 137 cm³/mol.